The molecule has 2 heterocycles. The van der Waals surface area contributed by atoms with Crippen molar-refractivity contribution < 1.29 is 4.42 Å². The smallest absolute Gasteiger partial charge is 0.166 e. The van der Waals surface area contributed by atoms with Gasteiger partial charge in [0.2, 0.25) is 0 Å². The lowest BCUT2D eigenvalue weighted by atomic mass is 10.1. The molecule has 5 heteroatoms. The molecule has 3 rings (SSSR count). The first-order valence-electron chi connectivity index (χ1n) is 5.89. The lowest BCUT2D eigenvalue weighted by molar-refractivity contribution is 0.616. The zero-order valence-corrected chi connectivity index (χ0v) is 11.7. The molecule has 0 unspecified atom stereocenters. The van der Waals surface area contributed by atoms with Crippen LogP contribution in [0.3, 0.4) is 0 Å². The van der Waals surface area contributed by atoms with Gasteiger partial charge in [-0.1, -0.05) is 48.3 Å². The van der Waals surface area contributed by atoms with Gasteiger partial charge in [0.15, 0.2) is 5.82 Å². The van der Waals surface area contributed by atoms with Gasteiger partial charge in [0, 0.05) is 10.9 Å². The van der Waals surface area contributed by atoms with E-state index in [0.29, 0.717) is 22.6 Å². The second-order valence-electron chi connectivity index (χ2n) is 4.11. The van der Waals surface area contributed by atoms with Gasteiger partial charge in [-0.2, -0.15) is 0 Å². The summed E-state index contributed by atoms with van der Waals surface area (Å²) < 4.78 is 5.47. The maximum atomic E-state index is 6.14. The summed E-state index contributed by atoms with van der Waals surface area (Å²) in [5, 5.41) is 1.73. The van der Waals surface area contributed by atoms with Crippen LogP contribution >= 0.6 is 23.2 Å². The van der Waals surface area contributed by atoms with E-state index in [-0.39, 0.29) is 0 Å². The number of furan rings is 1. The molecule has 0 saturated carbocycles. The van der Waals surface area contributed by atoms with Crippen LogP contribution in [0.15, 0.2) is 34.9 Å². The Hall–Kier alpha value is -1.58. The molecule has 96 valence electrons. The standard InChI is InChI=1S/C14H10Cl2N2O/c1-2-8-12(15)17-14(18-13(8)16)10-7-19-11-6-4-3-5-9(10)11/h3-7H,2H2,1H3. The van der Waals surface area contributed by atoms with Crippen molar-refractivity contribution in [1.29, 1.82) is 0 Å². The van der Waals surface area contributed by atoms with Gasteiger partial charge < -0.3 is 4.42 Å². The molecule has 0 aliphatic carbocycles. The molecule has 0 aliphatic rings. The molecule has 19 heavy (non-hydrogen) atoms. The number of benzene rings is 1. The zero-order valence-electron chi connectivity index (χ0n) is 10.2. The number of hydrogen-bond donors (Lipinski definition) is 0. The zero-order chi connectivity index (χ0) is 13.4. The Bertz CT molecular complexity index is 729. The molecular formula is C14H10Cl2N2O. The van der Waals surface area contributed by atoms with E-state index in [2.05, 4.69) is 9.97 Å². The van der Waals surface area contributed by atoms with Crippen LogP contribution in [0.4, 0.5) is 0 Å². The number of rotatable bonds is 2. The molecule has 0 bridgehead atoms. The highest BCUT2D eigenvalue weighted by Crippen LogP contribution is 2.31. The van der Waals surface area contributed by atoms with E-state index in [4.69, 9.17) is 27.6 Å². The van der Waals surface area contributed by atoms with E-state index in [0.717, 1.165) is 22.1 Å². The molecule has 0 spiro atoms. The molecule has 0 aliphatic heterocycles. The van der Waals surface area contributed by atoms with Crippen molar-refractivity contribution in [2.24, 2.45) is 0 Å². The Morgan fingerprint density at radius 2 is 1.79 bits per heavy atom. The van der Waals surface area contributed by atoms with Gasteiger partial charge in [0.25, 0.3) is 0 Å². The molecule has 1 aromatic carbocycles. The average molecular weight is 293 g/mol. The summed E-state index contributed by atoms with van der Waals surface area (Å²) in [5.41, 5.74) is 2.34. The maximum Gasteiger partial charge on any atom is 0.166 e. The van der Waals surface area contributed by atoms with Crippen molar-refractivity contribution in [3.8, 4) is 11.4 Å². The average Bonchev–Trinajstić information content (AvgIpc) is 2.82. The van der Waals surface area contributed by atoms with Gasteiger partial charge in [-0.05, 0) is 12.5 Å². The van der Waals surface area contributed by atoms with Gasteiger partial charge in [-0.15, -0.1) is 0 Å². The van der Waals surface area contributed by atoms with Crippen LogP contribution in [-0.2, 0) is 6.42 Å². The minimum Gasteiger partial charge on any atom is -0.464 e. The molecule has 0 amide bonds. The minimum absolute atomic E-state index is 0.391. The van der Waals surface area contributed by atoms with Crippen LogP contribution in [0.1, 0.15) is 12.5 Å². The van der Waals surface area contributed by atoms with Crippen molar-refractivity contribution in [1.82, 2.24) is 9.97 Å². The third-order valence-corrected chi connectivity index (χ3v) is 3.61. The molecule has 0 atom stereocenters. The first-order chi connectivity index (χ1) is 9.20. The highest BCUT2D eigenvalue weighted by molar-refractivity contribution is 6.34. The fourth-order valence-corrected chi connectivity index (χ4v) is 2.65. The van der Waals surface area contributed by atoms with E-state index < -0.39 is 0 Å². The summed E-state index contributed by atoms with van der Waals surface area (Å²) in [5.74, 6) is 0.483. The highest BCUT2D eigenvalue weighted by atomic mass is 35.5. The second-order valence-corrected chi connectivity index (χ2v) is 4.82. The Balaban J connectivity index is 2.22. The van der Waals surface area contributed by atoms with Crippen LogP contribution in [0.25, 0.3) is 22.4 Å². The van der Waals surface area contributed by atoms with Crippen LogP contribution < -0.4 is 0 Å². The SMILES string of the molecule is CCc1c(Cl)nc(-c2coc3ccccc23)nc1Cl. The lowest BCUT2D eigenvalue weighted by Crippen LogP contribution is -1.96. The van der Waals surface area contributed by atoms with Gasteiger partial charge in [-0.3, -0.25) is 0 Å². The highest BCUT2D eigenvalue weighted by Gasteiger charge is 2.15. The second kappa shape index (κ2) is 4.83. The number of fused-ring (bicyclic) bond motifs is 1. The first kappa shape index (κ1) is 12.5. The van der Waals surface area contributed by atoms with Gasteiger partial charge in [0.05, 0.1) is 5.56 Å². The van der Waals surface area contributed by atoms with Crippen LogP contribution in [-0.4, -0.2) is 9.97 Å². The molecular weight excluding hydrogens is 283 g/mol. The normalized spacial score (nSPS) is 11.1. The van der Waals surface area contributed by atoms with Crippen molar-refractivity contribution >= 4 is 34.2 Å². The van der Waals surface area contributed by atoms with E-state index in [9.17, 15) is 0 Å². The van der Waals surface area contributed by atoms with E-state index in [1.807, 2.05) is 31.2 Å². The number of para-hydroxylation sites is 1. The minimum atomic E-state index is 0.391. The number of nitrogens with zero attached hydrogens (tertiary/aromatic N) is 2. The molecule has 3 aromatic rings. The van der Waals surface area contributed by atoms with Gasteiger partial charge >= 0.3 is 0 Å². The summed E-state index contributed by atoms with van der Waals surface area (Å²) in [6.45, 7) is 1.96. The van der Waals surface area contributed by atoms with Crippen molar-refractivity contribution in [3.63, 3.8) is 0 Å². The Kier molecular flexibility index (Phi) is 3.17. The quantitative estimate of drug-likeness (QED) is 0.639. The summed E-state index contributed by atoms with van der Waals surface area (Å²) >= 11 is 12.3. The predicted molar refractivity (Wildman–Crippen MR) is 76.6 cm³/mol. The molecule has 0 fully saturated rings. The largest absolute Gasteiger partial charge is 0.464 e. The van der Waals surface area contributed by atoms with E-state index in [1.165, 1.54) is 0 Å². The monoisotopic (exact) mass is 292 g/mol. The number of aromatic nitrogens is 2. The van der Waals surface area contributed by atoms with Gasteiger partial charge in [0.1, 0.15) is 22.2 Å². The van der Waals surface area contributed by atoms with Crippen molar-refractivity contribution in [2.45, 2.75) is 13.3 Å². The number of hydrogen-bond acceptors (Lipinski definition) is 3. The lowest BCUT2D eigenvalue weighted by Gasteiger charge is -2.05. The topological polar surface area (TPSA) is 38.9 Å². The fourth-order valence-electron chi connectivity index (χ4n) is 1.99. The van der Waals surface area contributed by atoms with Crippen LogP contribution in [0.5, 0.6) is 0 Å². The molecule has 0 N–H and O–H groups in total. The van der Waals surface area contributed by atoms with Crippen LogP contribution in [0.2, 0.25) is 10.3 Å². The third-order valence-electron chi connectivity index (χ3n) is 2.98. The molecule has 0 radical (unpaired) electrons. The molecule has 3 nitrogen and oxygen atoms in total. The van der Waals surface area contributed by atoms with Crippen LogP contribution in [0, 0.1) is 0 Å². The fraction of sp³-hybridized carbons (Fsp3) is 0.143. The Morgan fingerprint density at radius 3 is 2.47 bits per heavy atom. The maximum absolute atomic E-state index is 6.14. The van der Waals surface area contributed by atoms with E-state index in [1.54, 1.807) is 6.26 Å². The third kappa shape index (κ3) is 2.09. The summed E-state index contributed by atoms with van der Waals surface area (Å²) in [4.78, 5) is 8.61. The number of halogens is 2. The summed E-state index contributed by atoms with van der Waals surface area (Å²) in [6, 6.07) is 7.69. The Morgan fingerprint density at radius 1 is 1.11 bits per heavy atom. The van der Waals surface area contributed by atoms with E-state index >= 15 is 0 Å². The summed E-state index contributed by atoms with van der Waals surface area (Å²) in [7, 11) is 0. The molecule has 0 saturated heterocycles. The van der Waals surface area contributed by atoms with Crippen molar-refractivity contribution in [2.75, 3.05) is 0 Å². The first-order valence-corrected chi connectivity index (χ1v) is 6.64. The predicted octanol–water partition coefficient (Wildman–Crippen LogP) is 4.76. The van der Waals surface area contributed by atoms with Gasteiger partial charge in [-0.25, -0.2) is 9.97 Å². The Labute approximate surface area is 120 Å². The summed E-state index contributed by atoms with van der Waals surface area (Å²) in [6.07, 6.45) is 2.32. The molecule has 2 aromatic heterocycles. The van der Waals surface area contributed by atoms with Crippen molar-refractivity contribution in [3.05, 3.63) is 46.4 Å².